The molecule has 1 aromatic carbocycles. The normalized spacial score (nSPS) is 18.4. The number of fused-ring (bicyclic) bond motifs is 1. The van der Waals surface area contributed by atoms with Crippen LogP contribution in [-0.2, 0) is 22.6 Å². The zero-order chi connectivity index (χ0) is 17.8. The molecule has 25 heavy (non-hydrogen) atoms. The molecule has 1 aliphatic heterocycles. The van der Waals surface area contributed by atoms with Gasteiger partial charge in [0.05, 0.1) is 18.8 Å². The number of nitrogens with one attached hydrogen (secondary N) is 2. The number of oxazole rings is 1. The summed E-state index contributed by atoms with van der Waals surface area (Å²) < 4.78 is 5.31. The van der Waals surface area contributed by atoms with Gasteiger partial charge in [-0.2, -0.15) is 0 Å². The largest absolute Gasteiger partial charge is 0.447 e. The number of anilines is 1. The number of aryl methyl sites for hydroxylation is 1. The Morgan fingerprint density at radius 1 is 1.44 bits per heavy atom. The van der Waals surface area contributed by atoms with Gasteiger partial charge in [-0.15, -0.1) is 0 Å². The molecule has 0 radical (unpaired) electrons. The van der Waals surface area contributed by atoms with Gasteiger partial charge >= 0.3 is 0 Å². The SMILES string of the molecule is CNC(C)C(=O)NC1CCc2ccccc2N(Cc2cnco2)C1=O. The summed E-state index contributed by atoms with van der Waals surface area (Å²) in [6.45, 7) is 2.04. The van der Waals surface area contributed by atoms with Gasteiger partial charge in [-0.1, -0.05) is 18.2 Å². The highest BCUT2D eigenvalue weighted by Gasteiger charge is 2.32. The lowest BCUT2D eigenvalue weighted by molar-refractivity contribution is -0.128. The van der Waals surface area contributed by atoms with Crippen LogP contribution in [0.3, 0.4) is 0 Å². The number of amides is 2. The Morgan fingerprint density at radius 3 is 2.96 bits per heavy atom. The van der Waals surface area contributed by atoms with Crippen molar-refractivity contribution < 1.29 is 14.0 Å². The number of aromatic nitrogens is 1. The molecular weight excluding hydrogens is 320 g/mol. The summed E-state index contributed by atoms with van der Waals surface area (Å²) in [6, 6.07) is 6.86. The Hall–Kier alpha value is -2.67. The predicted octanol–water partition coefficient (Wildman–Crippen LogP) is 1.25. The van der Waals surface area contributed by atoms with Gasteiger partial charge in [0.15, 0.2) is 6.39 Å². The number of nitrogens with zero attached hydrogens (tertiary/aromatic N) is 2. The molecule has 132 valence electrons. The van der Waals surface area contributed by atoms with E-state index in [1.54, 1.807) is 25.1 Å². The second-order valence-electron chi connectivity index (χ2n) is 6.13. The van der Waals surface area contributed by atoms with Crippen LogP contribution in [0.15, 0.2) is 41.3 Å². The zero-order valence-electron chi connectivity index (χ0n) is 14.4. The van der Waals surface area contributed by atoms with E-state index in [1.807, 2.05) is 24.3 Å². The van der Waals surface area contributed by atoms with Crippen LogP contribution in [0, 0.1) is 0 Å². The summed E-state index contributed by atoms with van der Waals surface area (Å²) in [7, 11) is 1.71. The molecule has 1 aromatic heterocycles. The molecule has 0 saturated heterocycles. The first-order valence-electron chi connectivity index (χ1n) is 8.34. The van der Waals surface area contributed by atoms with E-state index in [0.29, 0.717) is 18.6 Å². The molecular formula is C18H22N4O3. The molecule has 2 heterocycles. The maximum absolute atomic E-state index is 13.1. The van der Waals surface area contributed by atoms with Crippen LogP contribution in [0.25, 0.3) is 0 Å². The quantitative estimate of drug-likeness (QED) is 0.854. The number of hydrogen-bond donors (Lipinski definition) is 2. The van der Waals surface area contributed by atoms with Gasteiger partial charge < -0.3 is 20.0 Å². The van der Waals surface area contributed by atoms with E-state index in [0.717, 1.165) is 11.3 Å². The summed E-state index contributed by atoms with van der Waals surface area (Å²) in [5.41, 5.74) is 1.93. The van der Waals surface area contributed by atoms with Crippen LogP contribution in [0.5, 0.6) is 0 Å². The molecule has 7 heteroatoms. The van der Waals surface area contributed by atoms with Crippen LogP contribution in [0.2, 0.25) is 0 Å². The summed E-state index contributed by atoms with van der Waals surface area (Å²) >= 11 is 0. The minimum atomic E-state index is -0.571. The second kappa shape index (κ2) is 7.48. The summed E-state index contributed by atoms with van der Waals surface area (Å²) in [5.74, 6) is 0.267. The van der Waals surface area contributed by atoms with E-state index in [4.69, 9.17) is 4.42 Å². The van der Waals surface area contributed by atoms with Gasteiger partial charge in [-0.25, -0.2) is 4.98 Å². The molecule has 3 rings (SSSR count). The highest BCUT2D eigenvalue weighted by atomic mass is 16.3. The highest BCUT2D eigenvalue weighted by molar-refractivity contribution is 6.00. The van der Waals surface area contributed by atoms with E-state index < -0.39 is 6.04 Å². The first-order valence-corrected chi connectivity index (χ1v) is 8.34. The minimum absolute atomic E-state index is 0.141. The molecule has 2 amide bonds. The van der Waals surface area contributed by atoms with Crippen LogP contribution in [-0.4, -0.2) is 35.9 Å². The molecule has 7 nitrogen and oxygen atoms in total. The van der Waals surface area contributed by atoms with E-state index in [2.05, 4.69) is 15.6 Å². The van der Waals surface area contributed by atoms with Crippen molar-refractivity contribution in [1.29, 1.82) is 0 Å². The first-order chi connectivity index (χ1) is 12.1. The Balaban J connectivity index is 1.88. The van der Waals surface area contributed by atoms with Crippen molar-refractivity contribution >= 4 is 17.5 Å². The standard InChI is InChI=1S/C18H22N4O3/c1-12(19-2)17(23)21-15-8-7-13-5-3-4-6-16(13)22(18(15)24)10-14-9-20-11-25-14/h3-6,9,11-12,15,19H,7-8,10H2,1-2H3,(H,21,23). The number of rotatable bonds is 5. The van der Waals surface area contributed by atoms with Crippen LogP contribution in [0.1, 0.15) is 24.7 Å². The number of benzene rings is 1. The average Bonchev–Trinajstić information content (AvgIpc) is 3.11. The van der Waals surface area contributed by atoms with E-state index in [9.17, 15) is 9.59 Å². The van der Waals surface area contributed by atoms with Crippen molar-refractivity contribution in [3.05, 3.63) is 48.2 Å². The molecule has 0 saturated carbocycles. The average molecular weight is 342 g/mol. The fourth-order valence-corrected chi connectivity index (χ4v) is 2.92. The lowest BCUT2D eigenvalue weighted by Crippen LogP contribution is -2.52. The van der Waals surface area contributed by atoms with Gasteiger partial charge in [0.25, 0.3) is 0 Å². The van der Waals surface area contributed by atoms with Crippen LogP contribution in [0.4, 0.5) is 5.69 Å². The highest BCUT2D eigenvalue weighted by Crippen LogP contribution is 2.28. The monoisotopic (exact) mass is 342 g/mol. The fraction of sp³-hybridized carbons (Fsp3) is 0.389. The number of likely N-dealkylation sites (N-methyl/N-ethyl adjacent to an activating group) is 1. The number of carbonyl (C=O) groups is 2. The molecule has 0 aliphatic carbocycles. The minimum Gasteiger partial charge on any atom is -0.447 e. The zero-order valence-corrected chi connectivity index (χ0v) is 14.4. The smallest absolute Gasteiger partial charge is 0.249 e. The van der Waals surface area contributed by atoms with Gasteiger partial charge in [0.2, 0.25) is 11.8 Å². The van der Waals surface area contributed by atoms with Crippen molar-refractivity contribution in [2.24, 2.45) is 0 Å². The van der Waals surface area contributed by atoms with Gasteiger partial charge in [-0.05, 0) is 38.4 Å². The number of para-hydroxylation sites is 1. The molecule has 1 aliphatic rings. The fourth-order valence-electron chi connectivity index (χ4n) is 2.92. The van der Waals surface area contributed by atoms with Crippen LogP contribution >= 0.6 is 0 Å². The third-order valence-electron chi connectivity index (χ3n) is 4.49. The molecule has 0 fully saturated rings. The molecule has 2 unspecified atom stereocenters. The van der Waals surface area contributed by atoms with Gasteiger partial charge in [0.1, 0.15) is 11.8 Å². The summed E-state index contributed by atoms with van der Waals surface area (Å²) in [5, 5.41) is 5.75. The number of carbonyl (C=O) groups excluding carboxylic acids is 2. The van der Waals surface area contributed by atoms with Crippen molar-refractivity contribution in [2.75, 3.05) is 11.9 Å². The molecule has 0 bridgehead atoms. The Bertz CT molecular complexity index is 745. The molecule has 2 aromatic rings. The Morgan fingerprint density at radius 2 is 2.24 bits per heavy atom. The lowest BCUT2D eigenvalue weighted by Gasteiger charge is -2.26. The Kier molecular flexibility index (Phi) is 5.14. The third-order valence-corrected chi connectivity index (χ3v) is 4.49. The van der Waals surface area contributed by atoms with Gasteiger partial charge in [0, 0.05) is 5.69 Å². The summed E-state index contributed by atoms with van der Waals surface area (Å²) in [6.07, 6.45) is 4.22. The Labute approximate surface area is 146 Å². The topological polar surface area (TPSA) is 87.5 Å². The van der Waals surface area contributed by atoms with E-state index >= 15 is 0 Å². The van der Waals surface area contributed by atoms with Crippen molar-refractivity contribution in [2.45, 2.75) is 38.4 Å². The van der Waals surface area contributed by atoms with Crippen molar-refractivity contribution in [1.82, 2.24) is 15.6 Å². The first kappa shape index (κ1) is 17.2. The molecule has 2 N–H and O–H groups in total. The molecule has 0 spiro atoms. The van der Waals surface area contributed by atoms with E-state index in [1.165, 1.54) is 6.39 Å². The summed E-state index contributed by atoms with van der Waals surface area (Å²) in [4.78, 5) is 30.9. The lowest BCUT2D eigenvalue weighted by atomic mass is 10.1. The maximum atomic E-state index is 13.1. The second-order valence-corrected chi connectivity index (χ2v) is 6.13. The number of hydrogen-bond acceptors (Lipinski definition) is 5. The predicted molar refractivity (Wildman–Crippen MR) is 92.9 cm³/mol. The molecule has 2 atom stereocenters. The maximum Gasteiger partial charge on any atom is 0.249 e. The van der Waals surface area contributed by atoms with Crippen molar-refractivity contribution in [3.63, 3.8) is 0 Å². The van der Waals surface area contributed by atoms with E-state index in [-0.39, 0.29) is 24.4 Å². The third kappa shape index (κ3) is 3.71. The van der Waals surface area contributed by atoms with Crippen molar-refractivity contribution in [3.8, 4) is 0 Å². The van der Waals surface area contributed by atoms with Crippen LogP contribution < -0.4 is 15.5 Å². The van der Waals surface area contributed by atoms with Gasteiger partial charge in [-0.3, -0.25) is 9.59 Å².